The van der Waals surface area contributed by atoms with Crippen molar-refractivity contribution in [1.29, 1.82) is 0 Å². The molecule has 4 aromatic rings. The van der Waals surface area contributed by atoms with E-state index in [9.17, 15) is 0 Å². The number of aryl methyl sites for hydroxylation is 2. The van der Waals surface area contributed by atoms with E-state index in [4.69, 9.17) is 0 Å². The van der Waals surface area contributed by atoms with E-state index in [1.807, 2.05) is 6.20 Å². The summed E-state index contributed by atoms with van der Waals surface area (Å²) in [7, 11) is 2.08. The topological polar surface area (TPSA) is 63.0 Å². The molecular formula is C20H21N7. The zero-order valence-electron chi connectivity index (χ0n) is 15.5. The average Bonchev–Trinajstić information content (AvgIpc) is 3.02. The van der Waals surface area contributed by atoms with E-state index in [1.165, 1.54) is 11.4 Å². The van der Waals surface area contributed by atoms with Crippen molar-refractivity contribution in [2.45, 2.75) is 6.92 Å². The van der Waals surface area contributed by atoms with Gasteiger partial charge < -0.3 is 14.4 Å². The van der Waals surface area contributed by atoms with Gasteiger partial charge in [0.2, 0.25) is 0 Å². The Kier molecular flexibility index (Phi) is 3.67. The molecule has 7 nitrogen and oxygen atoms in total. The number of anilines is 2. The number of hydrogen-bond donors (Lipinski definition) is 0. The molecule has 0 amide bonds. The van der Waals surface area contributed by atoms with Gasteiger partial charge in [-0.2, -0.15) is 0 Å². The van der Waals surface area contributed by atoms with E-state index in [1.54, 1.807) is 12.7 Å². The van der Waals surface area contributed by atoms with Crippen molar-refractivity contribution in [2.24, 2.45) is 7.05 Å². The van der Waals surface area contributed by atoms with Crippen LogP contribution in [0.15, 0.2) is 43.1 Å². The van der Waals surface area contributed by atoms with Gasteiger partial charge in [0.05, 0.1) is 11.0 Å². The Hall–Kier alpha value is -3.22. The van der Waals surface area contributed by atoms with E-state index in [-0.39, 0.29) is 0 Å². The lowest BCUT2D eigenvalue weighted by Crippen LogP contribution is -2.47. The fourth-order valence-corrected chi connectivity index (χ4v) is 3.86. The zero-order chi connectivity index (χ0) is 18.4. The van der Waals surface area contributed by atoms with E-state index >= 15 is 0 Å². The molecule has 1 aromatic carbocycles. The van der Waals surface area contributed by atoms with Crippen LogP contribution >= 0.6 is 0 Å². The molecule has 0 unspecified atom stereocenters. The third kappa shape index (κ3) is 2.66. The van der Waals surface area contributed by atoms with Gasteiger partial charge in [-0.15, -0.1) is 0 Å². The predicted molar refractivity (Wildman–Crippen MR) is 107 cm³/mol. The molecular weight excluding hydrogens is 338 g/mol. The Balaban J connectivity index is 1.40. The van der Waals surface area contributed by atoms with Gasteiger partial charge in [-0.3, -0.25) is 0 Å². The first-order valence-corrected chi connectivity index (χ1v) is 9.17. The van der Waals surface area contributed by atoms with Crippen molar-refractivity contribution in [3.05, 3.63) is 48.8 Å². The summed E-state index contributed by atoms with van der Waals surface area (Å²) in [6, 6.07) is 8.51. The number of nitrogens with zero attached hydrogens (tertiary/aromatic N) is 7. The molecule has 0 atom stereocenters. The normalized spacial score (nSPS) is 15.0. The SMILES string of the molecule is Cc1cc2ncnc(N3CCN(c4ccc5ncncc5c4)CC3)c2n1C. The maximum Gasteiger partial charge on any atom is 0.156 e. The second-order valence-electron chi connectivity index (χ2n) is 7.02. The van der Waals surface area contributed by atoms with Crippen LogP contribution in [0.5, 0.6) is 0 Å². The first kappa shape index (κ1) is 16.0. The van der Waals surface area contributed by atoms with Crippen LogP contribution in [0.4, 0.5) is 11.5 Å². The van der Waals surface area contributed by atoms with Crippen LogP contribution in [0.3, 0.4) is 0 Å². The molecule has 27 heavy (non-hydrogen) atoms. The lowest BCUT2D eigenvalue weighted by atomic mass is 10.2. The van der Waals surface area contributed by atoms with Crippen LogP contribution in [-0.4, -0.2) is 50.7 Å². The van der Waals surface area contributed by atoms with Crippen molar-refractivity contribution >= 4 is 33.4 Å². The zero-order valence-corrected chi connectivity index (χ0v) is 15.5. The molecule has 0 N–H and O–H groups in total. The van der Waals surface area contributed by atoms with Crippen molar-refractivity contribution in [3.63, 3.8) is 0 Å². The molecule has 7 heteroatoms. The highest BCUT2D eigenvalue weighted by molar-refractivity contribution is 5.88. The Labute approximate surface area is 157 Å². The Morgan fingerprint density at radius 3 is 2.48 bits per heavy atom. The first-order valence-electron chi connectivity index (χ1n) is 9.17. The molecule has 0 spiro atoms. The van der Waals surface area contributed by atoms with Crippen LogP contribution in [0.25, 0.3) is 21.9 Å². The summed E-state index contributed by atoms with van der Waals surface area (Å²) < 4.78 is 2.18. The Morgan fingerprint density at radius 1 is 0.852 bits per heavy atom. The molecule has 1 fully saturated rings. The van der Waals surface area contributed by atoms with Gasteiger partial charge in [0, 0.05) is 56.2 Å². The Morgan fingerprint density at radius 2 is 1.63 bits per heavy atom. The number of benzene rings is 1. The number of rotatable bonds is 2. The first-order chi connectivity index (χ1) is 13.2. The molecule has 0 bridgehead atoms. The molecule has 3 aromatic heterocycles. The molecule has 4 heterocycles. The summed E-state index contributed by atoms with van der Waals surface area (Å²) in [6.07, 6.45) is 5.14. The maximum atomic E-state index is 4.60. The van der Waals surface area contributed by atoms with Crippen LogP contribution in [-0.2, 0) is 7.05 Å². The van der Waals surface area contributed by atoms with Crippen molar-refractivity contribution in [1.82, 2.24) is 24.5 Å². The largest absolute Gasteiger partial charge is 0.368 e. The molecule has 0 radical (unpaired) electrons. The highest BCUT2D eigenvalue weighted by atomic mass is 15.3. The van der Waals surface area contributed by atoms with Gasteiger partial charge in [-0.05, 0) is 31.2 Å². The minimum Gasteiger partial charge on any atom is -0.368 e. The van der Waals surface area contributed by atoms with Crippen LogP contribution in [0, 0.1) is 6.92 Å². The highest BCUT2D eigenvalue weighted by Crippen LogP contribution is 2.27. The van der Waals surface area contributed by atoms with Crippen LogP contribution in [0.2, 0.25) is 0 Å². The number of hydrogen-bond acceptors (Lipinski definition) is 6. The monoisotopic (exact) mass is 359 g/mol. The van der Waals surface area contributed by atoms with Crippen molar-refractivity contribution in [3.8, 4) is 0 Å². The lowest BCUT2D eigenvalue weighted by molar-refractivity contribution is 0.647. The standard InChI is InChI=1S/C20H21N7/c1-14-9-18-19(25(14)2)20(24-13-23-18)27-7-5-26(6-8-27)16-3-4-17-15(10-16)11-21-12-22-17/h3-4,9-13H,5-8H2,1-2H3. The van der Waals surface area contributed by atoms with Crippen LogP contribution < -0.4 is 9.80 Å². The van der Waals surface area contributed by atoms with E-state index < -0.39 is 0 Å². The smallest absolute Gasteiger partial charge is 0.156 e. The predicted octanol–water partition coefficient (Wildman–Crippen LogP) is 2.55. The quantitative estimate of drug-likeness (QED) is 0.548. The molecule has 0 saturated carbocycles. The van der Waals surface area contributed by atoms with Gasteiger partial charge in [0.25, 0.3) is 0 Å². The number of aromatic nitrogens is 5. The van der Waals surface area contributed by atoms with E-state index in [2.05, 4.69) is 72.5 Å². The third-order valence-electron chi connectivity index (χ3n) is 5.47. The number of piperazine rings is 1. The minimum absolute atomic E-state index is 0.930. The van der Waals surface area contributed by atoms with E-state index in [0.717, 1.165) is 53.9 Å². The molecule has 136 valence electrons. The summed E-state index contributed by atoms with van der Waals surface area (Å²) in [5.74, 6) is 1.03. The molecule has 1 aliphatic rings. The van der Waals surface area contributed by atoms with Gasteiger partial charge in [-0.1, -0.05) is 0 Å². The van der Waals surface area contributed by atoms with Crippen molar-refractivity contribution in [2.75, 3.05) is 36.0 Å². The van der Waals surface area contributed by atoms with E-state index in [0.29, 0.717) is 0 Å². The summed E-state index contributed by atoms with van der Waals surface area (Å²) in [5, 5.41) is 1.08. The average molecular weight is 359 g/mol. The second-order valence-corrected chi connectivity index (χ2v) is 7.02. The third-order valence-corrected chi connectivity index (χ3v) is 5.47. The minimum atomic E-state index is 0.930. The van der Waals surface area contributed by atoms with Gasteiger partial charge in [0.15, 0.2) is 5.82 Å². The maximum absolute atomic E-state index is 4.60. The molecule has 1 aliphatic heterocycles. The van der Waals surface area contributed by atoms with Gasteiger partial charge in [0.1, 0.15) is 18.2 Å². The van der Waals surface area contributed by atoms with Crippen LogP contribution in [0.1, 0.15) is 5.69 Å². The summed E-state index contributed by atoms with van der Waals surface area (Å²) in [4.78, 5) is 22.3. The van der Waals surface area contributed by atoms with Gasteiger partial charge >= 0.3 is 0 Å². The number of fused-ring (bicyclic) bond motifs is 2. The molecule has 1 saturated heterocycles. The molecule has 0 aliphatic carbocycles. The van der Waals surface area contributed by atoms with Gasteiger partial charge in [-0.25, -0.2) is 19.9 Å². The highest BCUT2D eigenvalue weighted by Gasteiger charge is 2.22. The van der Waals surface area contributed by atoms with Crippen molar-refractivity contribution < 1.29 is 0 Å². The fraction of sp³-hybridized carbons (Fsp3) is 0.300. The molecule has 5 rings (SSSR count). The summed E-state index contributed by atoms with van der Waals surface area (Å²) in [5.41, 5.74) is 5.53. The Bertz CT molecular complexity index is 1130. The lowest BCUT2D eigenvalue weighted by Gasteiger charge is -2.37. The second kappa shape index (κ2) is 6.19. The summed E-state index contributed by atoms with van der Waals surface area (Å²) in [6.45, 7) is 5.87. The summed E-state index contributed by atoms with van der Waals surface area (Å²) >= 11 is 0. The fourth-order valence-electron chi connectivity index (χ4n) is 3.86.